The quantitative estimate of drug-likeness (QED) is 0.528. The van der Waals surface area contributed by atoms with Crippen LogP contribution in [0.15, 0.2) is 53.3 Å². The highest BCUT2D eigenvalue weighted by Crippen LogP contribution is 2.20. The van der Waals surface area contributed by atoms with Gasteiger partial charge in [0.25, 0.3) is 0 Å². The molecular formula is C19H15N3O3. The molecule has 3 aromatic rings. The molecule has 6 heteroatoms. The minimum atomic E-state index is -1.43. The fourth-order valence-corrected chi connectivity index (χ4v) is 2.60. The molecule has 0 saturated heterocycles. The summed E-state index contributed by atoms with van der Waals surface area (Å²) in [5.41, 5.74) is 1.75. The van der Waals surface area contributed by atoms with Crippen LogP contribution in [0.25, 0.3) is 5.69 Å². The van der Waals surface area contributed by atoms with Crippen LogP contribution in [-0.4, -0.2) is 21.3 Å². The van der Waals surface area contributed by atoms with E-state index < -0.39 is 17.5 Å². The second-order valence-electron chi connectivity index (χ2n) is 5.59. The SMILES string of the molecule is Cc1nn(-c2ccccc2)cc1C(=O)C(C#N)C(=O)c1ccoc1C. The predicted molar refractivity (Wildman–Crippen MR) is 89.5 cm³/mol. The van der Waals surface area contributed by atoms with Crippen molar-refractivity contribution in [1.82, 2.24) is 9.78 Å². The van der Waals surface area contributed by atoms with E-state index >= 15 is 0 Å². The van der Waals surface area contributed by atoms with Crippen molar-refractivity contribution in [3.63, 3.8) is 0 Å². The number of nitrogens with zero attached hydrogens (tertiary/aromatic N) is 3. The summed E-state index contributed by atoms with van der Waals surface area (Å²) in [6, 6.07) is 12.6. The molecule has 3 rings (SSSR count). The molecule has 0 aliphatic heterocycles. The largest absolute Gasteiger partial charge is 0.469 e. The van der Waals surface area contributed by atoms with Gasteiger partial charge in [-0.15, -0.1) is 0 Å². The average molecular weight is 333 g/mol. The van der Waals surface area contributed by atoms with Crippen LogP contribution in [-0.2, 0) is 0 Å². The van der Waals surface area contributed by atoms with E-state index in [0.717, 1.165) is 5.69 Å². The molecule has 0 fully saturated rings. The van der Waals surface area contributed by atoms with E-state index in [4.69, 9.17) is 4.42 Å². The molecule has 2 heterocycles. The van der Waals surface area contributed by atoms with Crippen molar-refractivity contribution in [2.45, 2.75) is 13.8 Å². The lowest BCUT2D eigenvalue weighted by atomic mass is 9.91. The molecule has 0 N–H and O–H groups in total. The third kappa shape index (κ3) is 3.00. The van der Waals surface area contributed by atoms with Crippen LogP contribution in [0.3, 0.4) is 0 Å². The van der Waals surface area contributed by atoms with Crippen molar-refractivity contribution in [3.05, 3.63) is 71.4 Å². The van der Waals surface area contributed by atoms with Crippen LogP contribution in [0, 0.1) is 31.1 Å². The van der Waals surface area contributed by atoms with E-state index in [9.17, 15) is 14.9 Å². The van der Waals surface area contributed by atoms with Gasteiger partial charge >= 0.3 is 0 Å². The lowest BCUT2D eigenvalue weighted by molar-refractivity contribution is 0.0845. The first-order valence-electron chi connectivity index (χ1n) is 7.66. The van der Waals surface area contributed by atoms with Gasteiger partial charge in [-0.05, 0) is 32.0 Å². The molecule has 6 nitrogen and oxygen atoms in total. The van der Waals surface area contributed by atoms with Gasteiger partial charge in [0.15, 0.2) is 17.5 Å². The monoisotopic (exact) mass is 333 g/mol. The first-order chi connectivity index (χ1) is 12.0. The van der Waals surface area contributed by atoms with Crippen molar-refractivity contribution >= 4 is 11.6 Å². The molecule has 0 radical (unpaired) electrons. The lowest BCUT2D eigenvalue weighted by Crippen LogP contribution is -2.23. The molecular weight excluding hydrogens is 318 g/mol. The number of benzene rings is 1. The Morgan fingerprint density at radius 3 is 2.40 bits per heavy atom. The topological polar surface area (TPSA) is 88.9 Å². The van der Waals surface area contributed by atoms with Crippen molar-refractivity contribution < 1.29 is 14.0 Å². The number of aromatic nitrogens is 2. The Kier molecular flexibility index (Phi) is 4.31. The number of hydrogen-bond acceptors (Lipinski definition) is 5. The van der Waals surface area contributed by atoms with Crippen LogP contribution < -0.4 is 0 Å². The van der Waals surface area contributed by atoms with Crippen LogP contribution in [0.5, 0.6) is 0 Å². The number of nitriles is 1. The standard InChI is InChI=1S/C19H15N3O3/c1-12-17(11-22(21-12)14-6-4-3-5-7-14)19(24)16(10-20)18(23)15-8-9-25-13(15)2/h3-9,11,16H,1-2H3. The maximum Gasteiger partial charge on any atom is 0.191 e. The summed E-state index contributed by atoms with van der Waals surface area (Å²) in [6.07, 6.45) is 2.91. The predicted octanol–water partition coefficient (Wildman–Crippen LogP) is 3.29. The van der Waals surface area contributed by atoms with E-state index in [1.54, 1.807) is 24.7 Å². The summed E-state index contributed by atoms with van der Waals surface area (Å²) in [6.45, 7) is 3.29. The number of carbonyl (C=O) groups excluding carboxylic acids is 2. The molecule has 25 heavy (non-hydrogen) atoms. The van der Waals surface area contributed by atoms with Crippen LogP contribution >= 0.6 is 0 Å². The Balaban J connectivity index is 1.95. The molecule has 0 spiro atoms. The summed E-state index contributed by atoms with van der Waals surface area (Å²) in [5, 5.41) is 13.7. The summed E-state index contributed by atoms with van der Waals surface area (Å²) in [5.74, 6) is -2.17. The highest BCUT2D eigenvalue weighted by molar-refractivity contribution is 6.18. The summed E-state index contributed by atoms with van der Waals surface area (Å²) in [7, 11) is 0. The Bertz CT molecular complexity index is 977. The van der Waals surface area contributed by atoms with Crippen molar-refractivity contribution in [3.8, 4) is 11.8 Å². The molecule has 1 aromatic carbocycles. The summed E-state index contributed by atoms with van der Waals surface area (Å²) >= 11 is 0. The van der Waals surface area contributed by atoms with Gasteiger partial charge in [0, 0.05) is 6.20 Å². The number of para-hydroxylation sites is 1. The number of Topliss-reactive ketones (excluding diaryl/α,β-unsaturated/α-hetero) is 2. The maximum absolute atomic E-state index is 12.8. The molecule has 1 unspecified atom stereocenters. The zero-order valence-electron chi connectivity index (χ0n) is 13.8. The van der Waals surface area contributed by atoms with E-state index in [0.29, 0.717) is 11.5 Å². The number of aryl methyl sites for hydroxylation is 2. The molecule has 0 aliphatic rings. The molecule has 124 valence electrons. The van der Waals surface area contributed by atoms with Gasteiger partial charge in [-0.2, -0.15) is 10.4 Å². The number of rotatable bonds is 5. The first kappa shape index (κ1) is 16.4. The zero-order valence-corrected chi connectivity index (χ0v) is 13.8. The highest BCUT2D eigenvalue weighted by atomic mass is 16.3. The van der Waals surface area contributed by atoms with Crippen LogP contribution in [0.4, 0.5) is 0 Å². The minimum Gasteiger partial charge on any atom is -0.469 e. The average Bonchev–Trinajstić information content (AvgIpc) is 3.22. The fraction of sp³-hybridized carbons (Fsp3) is 0.158. The van der Waals surface area contributed by atoms with Crippen molar-refractivity contribution in [1.29, 1.82) is 5.26 Å². The van der Waals surface area contributed by atoms with Gasteiger partial charge in [-0.1, -0.05) is 18.2 Å². The van der Waals surface area contributed by atoms with Gasteiger partial charge in [-0.3, -0.25) is 9.59 Å². The van der Waals surface area contributed by atoms with Gasteiger partial charge in [-0.25, -0.2) is 4.68 Å². The molecule has 2 aromatic heterocycles. The molecule has 0 saturated carbocycles. The number of furan rings is 1. The molecule has 1 atom stereocenters. The normalized spacial score (nSPS) is 11.7. The Labute approximate surface area is 144 Å². The molecule has 0 aliphatic carbocycles. The first-order valence-corrected chi connectivity index (χ1v) is 7.66. The zero-order chi connectivity index (χ0) is 18.0. The second-order valence-corrected chi connectivity index (χ2v) is 5.59. The third-order valence-electron chi connectivity index (χ3n) is 3.96. The Morgan fingerprint density at radius 1 is 1.12 bits per heavy atom. The van der Waals surface area contributed by atoms with Gasteiger partial charge in [0.1, 0.15) is 5.76 Å². The van der Waals surface area contributed by atoms with Crippen LogP contribution in [0.1, 0.15) is 32.2 Å². The van der Waals surface area contributed by atoms with Gasteiger partial charge in [0.2, 0.25) is 0 Å². The summed E-state index contributed by atoms with van der Waals surface area (Å²) < 4.78 is 6.65. The van der Waals surface area contributed by atoms with Gasteiger partial charge < -0.3 is 4.42 Å². The number of carbonyl (C=O) groups is 2. The van der Waals surface area contributed by atoms with Crippen LogP contribution in [0.2, 0.25) is 0 Å². The van der Waals surface area contributed by atoms with E-state index in [2.05, 4.69) is 5.10 Å². The van der Waals surface area contributed by atoms with Gasteiger partial charge in [0.05, 0.1) is 34.8 Å². The number of ketones is 2. The minimum absolute atomic E-state index is 0.244. The Hall–Kier alpha value is -3.46. The lowest BCUT2D eigenvalue weighted by Gasteiger charge is -2.05. The Morgan fingerprint density at radius 2 is 1.80 bits per heavy atom. The fourth-order valence-electron chi connectivity index (χ4n) is 2.60. The highest BCUT2D eigenvalue weighted by Gasteiger charge is 2.32. The molecule has 0 bridgehead atoms. The van der Waals surface area contributed by atoms with Crippen molar-refractivity contribution in [2.75, 3.05) is 0 Å². The van der Waals surface area contributed by atoms with E-state index in [1.165, 1.54) is 12.3 Å². The maximum atomic E-state index is 12.8. The second kappa shape index (κ2) is 6.57. The van der Waals surface area contributed by atoms with E-state index in [1.807, 2.05) is 36.4 Å². The third-order valence-corrected chi connectivity index (χ3v) is 3.96. The van der Waals surface area contributed by atoms with E-state index in [-0.39, 0.29) is 11.1 Å². The smallest absolute Gasteiger partial charge is 0.191 e. The molecule has 0 amide bonds. The van der Waals surface area contributed by atoms with Crippen molar-refractivity contribution in [2.24, 2.45) is 5.92 Å². The number of hydrogen-bond donors (Lipinski definition) is 0. The summed E-state index contributed by atoms with van der Waals surface area (Å²) in [4.78, 5) is 25.3.